The van der Waals surface area contributed by atoms with Crippen LogP contribution >= 0.6 is 11.3 Å². The normalized spacial score (nSPS) is 11.0. The van der Waals surface area contributed by atoms with Crippen molar-refractivity contribution in [3.63, 3.8) is 0 Å². The molecule has 0 atom stereocenters. The fraction of sp³-hybridized carbons (Fsp3) is 0. The van der Waals surface area contributed by atoms with Crippen molar-refractivity contribution >= 4 is 22.1 Å². The van der Waals surface area contributed by atoms with Crippen molar-refractivity contribution in [2.45, 2.75) is 0 Å². The van der Waals surface area contributed by atoms with Crippen LogP contribution in [0.15, 0.2) is 97.1 Å². The first-order valence-electron chi connectivity index (χ1n) is 8.86. The topological polar surface area (TPSA) is 25.8 Å². The Morgan fingerprint density at radius 1 is 0.481 bits per heavy atom. The first kappa shape index (κ1) is 15.9. The number of fused-ring (bicyclic) bond motifs is 1. The maximum Gasteiger partial charge on any atom is 0.148 e. The summed E-state index contributed by atoms with van der Waals surface area (Å²) in [4.78, 5) is 0. The second-order valence-electron chi connectivity index (χ2n) is 6.38. The second kappa shape index (κ2) is 6.78. The minimum absolute atomic E-state index is 0.943. The highest BCUT2D eigenvalue weighted by atomic mass is 32.1. The summed E-state index contributed by atoms with van der Waals surface area (Å²) in [6.45, 7) is 0. The summed E-state index contributed by atoms with van der Waals surface area (Å²) in [7, 11) is 0. The van der Waals surface area contributed by atoms with Gasteiger partial charge in [0, 0.05) is 11.1 Å². The number of aromatic nitrogens is 2. The van der Waals surface area contributed by atoms with Crippen LogP contribution in [0.1, 0.15) is 0 Å². The molecule has 0 saturated carbocycles. The minimum Gasteiger partial charge on any atom is -0.138 e. The Kier molecular flexibility index (Phi) is 4.00. The van der Waals surface area contributed by atoms with E-state index in [1.807, 2.05) is 18.2 Å². The van der Waals surface area contributed by atoms with Crippen molar-refractivity contribution in [3.8, 4) is 32.3 Å². The number of benzene rings is 4. The molecule has 4 aromatic carbocycles. The van der Waals surface area contributed by atoms with Gasteiger partial charge in [-0.25, -0.2) is 0 Å². The Morgan fingerprint density at radius 3 is 1.85 bits per heavy atom. The molecule has 0 fully saturated rings. The van der Waals surface area contributed by atoms with Gasteiger partial charge in [-0.15, -0.1) is 10.2 Å². The fourth-order valence-corrected chi connectivity index (χ4v) is 4.16. The molecule has 0 aliphatic heterocycles. The largest absolute Gasteiger partial charge is 0.148 e. The highest BCUT2D eigenvalue weighted by Gasteiger charge is 2.09. The lowest BCUT2D eigenvalue weighted by molar-refractivity contribution is 1.10. The molecule has 0 N–H and O–H groups in total. The molecule has 0 aliphatic rings. The van der Waals surface area contributed by atoms with Gasteiger partial charge < -0.3 is 0 Å². The van der Waals surface area contributed by atoms with Crippen molar-refractivity contribution in [1.82, 2.24) is 10.2 Å². The summed E-state index contributed by atoms with van der Waals surface area (Å²) in [5.41, 5.74) is 4.66. The first-order chi connectivity index (χ1) is 13.4. The zero-order valence-corrected chi connectivity index (χ0v) is 15.4. The van der Waals surface area contributed by atoms with Crippen molar-refractivity contribution in [2.24, 2.45) is 0 Å². The van der Waals surface area contributed by atoms with Gasteiger partial charge in [-0.3, -0.25) is 0 Å². The SMILES string of the molecule is c1ccc(-c2nnc(-c3ccc(-c4cccc5ccccc45)cc3)s2)cc1. The van der Waals surface area contributed by atoms with Gasteiger partial charge in [-0.05, 0) is 21.9 Å². The summed E-state index contributed by atoms with van der Waals surface area (Å²) in [5.74, 6) is 0. The molecule has 27 heavy (non-hydrogen) atoms. The quantitative estimate of drug-likeness (QED) is 0.356. The van der Waals surface area contributed by atoms with Crippen LogP contribution < -0.4 is 0 Å². The zero-order valence-electron chi connectivity index (χ0n) is 14.5. The summed E-state index contributed by atoms with van der Waals surface area (Å²) in [6.07, 6.45) is 0. The van der Waals surface area contributed by atoms with Gasteiger partial charge >= 0.3 is 0 Å². The molecule has 5 aromatic rings. The molecule has 128 valence electrons. The molecular formula is C24H16N2S. The van der Waals surface area contributed by atoms with Crippen LogP contribution in [-0.4, -0.2) is 10.2 Å². The predicted octanol–water partition coefficient (Wildman–Crippen LogP) is 6.69. The highest BCUT2D eigenvalue weighted by molar-refractivity contribution is 7.17. The monoisotopic (exact) mass is 364 g/mol. The Morgan fingerprint density at radius 2 is 1.07 bits per heavy atom. The van der Waals surface area contributed by atoms with Crippen LogP contribution in [0.5, 0.6) is 0 Å². The van der Waals surface area contributed by atoms with E-state index in [0.29, 0.717) is 0 Å². The van der Waals surface area contributed by atoms with Gasteiger partial charge in [0.25, 0.3) is 0 Å². The van der Waals surface area contributed by atoms with Crippen molar-refractivity contribution < 1.29 is 0 Å². The standard InChI is InChI=1S/C24H16N2S/c1-2-8-19(9-3-1)23-25-26-24(27-23)20-15-13-18(14-16-20)22-12-6-10-17-7-4-5-11-21(17)22/h1-16H. The molecule has 0 unspecified atom stereocenters. The average Bonchev–Trinajstić information content (AvgIpc) is 3.24. The Hall–Kier alpha value is -3.30. The van der Waals surface area contributed by atoms with Crippen LogP contribution in [0.2, 0.25) is 0 Å². The molecular weight excluding hydrogens is 348 g/mol. The Balaban J connectivity index is 1.50. The summed E-state index contributed by atoms with van der Waals surface area (Å²) < 4.78 is 0. The van der Waals surface area contributed by atoms with E-state index < -0.39 is 0 Å². The highest BCUT2D eigenvalue weighted by Crippen LogP contribution is 2.33. The van der Waals surface area contributed by atoms with Gasteiger partial charge in [0.05, 0.1) is 0 Å². The summed E-state index contributed by atoms with van der Waals surface area (Å²) >= 11 is 1.62. The van der Waals surface area contributed by atoms with Gasteiger partial charge in [-0.1, -0.05) is 108 Å². The summed E-state index contributed by atoms with van der Waals surface area (Å²) in [5, 5.41) is 13.2. The van der Waals surface area contributed by atoms with E-state index in [-0.39, 0.29) is 0 Å². The van der Waals surface area contributed by atoms with Gasteiger partial charge in [0.2, 0.25) is 0 Å². The first-order valence-corrected chi connectivity index (χ1v) is 9.68. The third kappa shape index (κ3) is 3.03. The Labute approximate surface area is 161 Å². The van der Waals surface area contributed by atoms with E-state index in [1.54, 1.807) is 11.3 Å². The summed E-state index contributed by atoms with van der Waals surface area (Å²) in [6, 6.07) is 33.7. The number of nitrogens with zero attached hydrogens (tertiary/aromatic N) is 2. The third-order valence-electron chi connectivity index (χ3n) is 4.68. The number of hydrogen-bond acceptors (Lipinski definition) is 3. The van der Waals surface area contributed by atoms with E-state index in [2.05, 4.69) is 89.1 Å². The van der Waals surface area contributed by atoms with Crippen molar-refractivity contribution in [3.05, 3.63) is 97.1 Å². The van der Waals surface area contributed by atoms with E-state index in [4.69, 9.17) is 0 Å². The lowest BCUT2D eigenvalue weighted by Crippen LogP contribution is -1.82. The number of hydrogen-bond donors (Lipinski definition) is 0. The fourth-order valence-electron chi connectivity index (χ4n) is 3.31. The lowest BCUT2D eigenvalue weighted by Gasteiger charge is -2.07. The molecule has 1 heterocycles. The smallest absolute Gasteiger partial charge is 0.138 e. The molecule has 0 bridgehead atoms. The second-order valence-corrected chi connectivity index (χ2v) is 7.36. The molecule has 0 radical (unpaired) electrons. The molecule has 5 rings (SSSR count). The van der Waals surface area contributed by atoms with E-state index >= 15 is 0 Å². The molecule has 0 spiro atoms. The van der Waals surface area contributed by atoms with Crippen molar-refractivity contribution in [1.29, 1.82) is 0 Å². The third-order valence-corrected chi connectivity index (χ3v) is 5.70. The zero-order chi connectivity index (χ0) is 18.1. The van der Waals surface area contributed by atoms with Crippen LogP contribution in [0, 0.1) is 0 Å². The lowest BCUT2D eigenvalue weighted by atomic mass is 9.98. The van der Waals surface area contributed by atoms with Crippen LogP contribution in [0.25, 0.3) is 43.0 Å². The average molecular weight is 364 g/mol. The van der Waals surface area contributed by atoms with Crippen LogP contribution in [0.4, 0.5) is 0 Å². The predicted molar refractivity (Wildman–Crippen MR) is 114 cm³/mol. The van der Waals surface area contributed by atoms with Gasteiger partial charge in [0.1, 0.15) is 10.0 Å². The maximum atomic E-state index is 4.38. The molecule has 0 amide bonds. The van der Waals surface area contributed by atoms with E-state index in [1.165, 1.54) is 21.9 Å². The minimum atomic E-state index is 0.943. The molecule has 0 aliphatic carbocycles. The molecule has 2 nitrogen and oxygen atoms in total. The molecule has 3 heteroatoms. The maximum absolute atomic E-state index is 4.38. The van der Waals surface area contributed by atoms with Gasteiger partial charge in [-0.2, -0.15) is 0 Å². The van der Waals surface area contributed by atoms with E-state index in [0.717, 1.165) is 21.1 Å². The van der Waals surface area contributed by atoms with Crippen LogP contribution in [0.3, 0.4) is 0 Å². The van der Waals surface area contributed by atoms with Crippen molar-refractivity contribution in [2.75, 3.05) is 0 Å². The number of rotatable bonds is 3. The Bertz CT molecular complexity index is 1200. The van der Waals surface area contributed by atoms with Gasteiger partial charge in [0.15, 0.2) is 0 Å². The molecule has 1 aromatic heterocycles. The van der Waals surface area contributed by atoms with Crippen LogP contribution in [-0.2, 0) is 0 Å². The molecule has 0 saturated heterocycles. The van der Waals surface area contributed by atoms with E-state index in [9.17, 15) is 0 Å².